The Kier molecular flexibility index (Phi) is 9.22. The summed E-state index contributed by atoms with van der Waals surface area (Å²) in [4.78, 5) is 10.3. The van der Waals surface area contributed by atoms with Gasteiger partial charge in [0, 0.05) is 6.92 Å². The van der Waals surface area contributed by atoms with Gasteiger partial charge in [-0.1, -0.05) is 0 Å². The van der Waals surface area contributed by atoms with Gasteiger partial charge in [-0.25, -0.2) is 4.18 Å². The number of rotatable bonds is 5. The van der Waals surface area contributed by atoms with Crippen molar-refractivity contribution in [2.24, 2.45) is 0 Å². The minimum absolute atomic E-state index is 0.0289. The fourth-order valence-electron chi connectivity index (χ4n) is 0.612. The summed E-state index contributed by atoms with van der Waals surface area (Å²) in [5.74, 6) is -0.201. The van der Waals surface area contributed by atoms with E-state index in [0.717, 1.165) is 11.0 Å². The van der Waals surface area contributed by atoms with E-state index in [4.69, 9.17) is 9.29 Å². The van der Waals surface area contributed by atoms with Gasteiger partial charge in [0.1, 0.15) is 13.2 Å². The molecule has 0 aliphatic carbocycles. The molecule has 0 aromatic carbocycles. The molecule has 7 nitrogen and oxygen atoms in total. The molecule has 104 valence electrons. The largest absolute Gasteiger partial charge is 0.460 e. The zero-order valence-corrected chi connectivity index (χ0v) is 11.8. The maximum atomic E-state index is 10.3. The van der Waals surface area contributed by atoms with Crippen LogP contribution in [-0.2, 0) is 24.1 Å². The predicted octanol–water partition coefficient (Wildman–Crippen LogP) is 0.0814. The lowest BCUT2D eigenvalue weighted by molar-refractivity contribution is -0.870. The number of likely N-dealkylation sites (N-methyl/N-ethyl adjacent to an activating group) is 1. The van der Waals surface area contributed by atoms with E-state index in [1.165, 1.54) is 13.8 Å². The van der Waals surface area contributed by atoms with Crippen LogP contribution in [0, 0.1) is 0 Å². The second-order valence-electron chi connectivity index (χ2n) is 4.19. The molecule has 0 unspecified atom stereocenters. The summed E-state index contributed by atoms with van der Waals surface area (Å²) in [6, 6.07) is 0. The zero-order chi connectivity index (χ0) is 14.1. The third-order valence-corrected chi connectivity index (χ3v) is 1.87. The summed E-state index contributed by atoms with van der Waals surface area (Å²) < 4.78 is 36.2. The summed E-state index contributed by atoms with van der Waals surface area (Å²) in [5, 5.41) is 0. The van der Waals surface area contributed by atoms with Crippen LogP contribution in [0.5, 0.6) is 0 Å². The van der Waals surface area contributed by atoms with E-state index >= 15 is 0 Å². The molecule has 17 heavy (non-hydrogen) atoms. The average molecular weight is 272 g/mol. The first-order chi connectivity index (χ1) is 7.48. The van der Waals surface area contributed by atoms with Crippen LogP contribution < -0.4 is 0 Å². The van der Waals surface area contributed by atoms with Crippen LogP contribution in [0.4, 0.5) is 0 Å². The van der Waals surface area contributed by atoms with Crippen molar-refractivity contribution in [1.82, 2.24) is 0 Å². The third-order valence-electron chi connectivity index (χ3n) is 1.33. The van der Waals surface area contributed by atoms with Gasteiger partial charge in [0.2, 0.25) is 0 Å². The number of carbonyl (C=O) groups is 1. The number of nitrogens with zero attached hydrogens (tertiary/aromatic N) is 1. The molecule has 0 radical (unpaired) electrons. The van der Waals surface area contributed by atoms with Crippen molar-refractivity contribution >= 4 is 16.4 Å². The summed E-state index contributed by atoms with van der Waals surface area (Å²) in [6.45, 7) is 4.24. The highest BCUT2D eigenvalue weighted by Gasteiger charge is 2.06. The predicted molar refractivity (Wildman–Crippen MR) is 62.7 cm³/mol. The van der Waals surface area contributed by atoms with Gasteiger partial charge in [0.25, 0.3) is 0 Å². The van der Waals surface area contributed by atoms with Crippen LogP contribution in [0.15, 0.2) is 0 Å². The Morgan fingerprint density at radius 2 is 1.76 bits per heavy atom. The Labute approximate surface area is 103 Å². The summed E-state index contributed by atoms with van der Waals surface area (Å²) >= 11 is 0. The van der Waals surface area contributed by atoms with E-state index in [-0.39, 0.29) is 12.6 Å². The average Bonchev–Trinajstić information content (AvgIpc) is 1.98. The zero-order valence-electron chi connectivity index (χ0n) is 11.0. The Balaban J connectivity index is 0. The molecule has 0 spiro atoms. The van der Waals surface area contributed by atoms with E-state index in [9.17, 15) is 13.2 Å². The first-order valence-electron chi connectivity index (χ1n) is 5.03. The lowest BCUT2D eigenvalue weighted by atomic mass is 10.5. The Hall–Kier alpha value is -0.700. The molecule has 0 saturated heterocycles. The van der Waals surface area contributed by atoms with Crippen molar-refractivity contribution in [3.8, 4) is 0 Å². The Morgan fingerprint density at radius 3 is 1.94 bits per heavy atom. The fraction of sp³-hybridized carbons (Fsp3) is 0.889. The Morgan fingerprint density at radius 1 is 1.29 bits per heavy atom. The highest BCUT2D eigenvalue weighted by molar-refractivity contribution is 7.80. The van der Waals surface area contributed by atoms with Crippen molar-refractivity contribution in [1.29, 1.82) is 0 Å². The van der Waals surface area contributed by atoms with Crippen LogP contribution in [0.1, 0.15) is 13.8 Å². The number of quaternary nitrogens is 1. The van der Waals surface area contributed by atoms with Gasteiger partial charge >= 0.3 is 16.4 Å². The van der Waals surface area contributed by atoms with E-state index < -0.39 is 10.4 Å². The van der Waals surface area contributed by atoms with E-state index in [0.29, 0.717) is 6.61 Å². The molecule has 0 rings (SSSR count). The van der Waals surface area contributed by atoms with Gasteiger partial charge in [-0.15, -0.1) is 0 Å². The van der Waals surface area contributed by atoms with Gasteiger partial charge in [0.05, 0.1) is 27.7 Å². The molecule has 8 heteroatoms. The van der Waals surface area contributed by atoms with Crippen LogP contribution in [0.25, 0.3) is 0 Å². The summed E-state index contributed by atoms with van der Waals surface area (Å²) in [5.41, 5.74) is 0. The molecule has 0 bridgehead atoms. The van der Waals surface area contributed by atoms with Crippen LogP contribution in [0.2, 0.25) is 0 Å². The minimum Gasteiger partial charge on any atom is -0.460 e. The molecule has 0 aromatic heterocycles. The maximum Gasteiger partial charge on any atom is 0.397 e. The van der Waals surface area contributed by atoms with Crippen molar-refractivity contribution in [2.75, 3.05) is 40.9 Å². The molecule has 0 amide bonds. The van der Waals surface area contributed by atoms with Crippen LogP contribution >= 0.6 is 0 Å². The molecule has 1 N–H and O–H groups in total. The first-order valence-corrected chi connectivity index (χ1v) is 6.40. The molecule has 0 heterocycles. The van der Waals surface area contributed by atoms with Crippen LogP contribution in [-0.4, -0.2) is 64.3 Å². The standard InChI is InChI=1S/C7H16NO2.C2H6O4S/c1-7(9)10-6-5-8(2,3)4;1-2-6-7(3,4)5/h5-6H2,1-4H3;2H2,1H3,(H,3,4,5)/q+1;. The van der Waals surface area contributed by atoms with Gasteiger partial charge in [-0.3, -0.25) is 9.35 Å². The molecular formula is C9H22NO6S+. The van der Waals surface area contributed by atoms with Crippen molar-refractivity contribution < 1.29 is 31.2 Å². The summed E-state index contributed by atoms with van der Waals surface area (Å²) in [6.07, 6.45) is 0. The van der Waals surface area contributed by atoms with Gasteiger partial charge in [-0.05, 0) is 6.92 Å². The van der Waals surface area contributed by atoms with Crippen molar-refractivity contribution in [2.45, 2.75) is 13.8 Å². The first kappa shape index (κ1) is 18.7. The molecule has 0 aliphatic rings. The lowest BCUT2D eigenvalue weighted by Crippen LogP contribution is -2.37. The molecule has 0 aliphatic heterocycles. The smallest absolute Gasteiger partial charge is 0.397 e. The summed E-state index contributed by atoms with van der Waals surface area (Å²) in [7, 11) is 2.00. The quantitative estimate of drug-likeness (QED) is 0.433. The van der Waals surface area contributed by atoms with E-state index in [1.54, 1.807) is 0 Å². The topological polar surface area (TPSA) is 89.9 Å². The molecule has 0 atom stereocenters. The van der Waals surface area contributed by atoms with Crippen molar-refractivity contribution in [3.05, 3.63) is 0 Å². The Bertz CT molecular complexity index is 306. The van der Waals surface area contributed by atoms with Crippen molar-refractivity contribution in [3.63, 3.8) is 0 Å². The molecule has 0 fully saturated rings. The second kappa shape index (κ2) is 8.40. The third kappa shape index (κ3) is 25.5. The van der Waals surface area contributed by atoms with Gasteiger partial charge in [-0.2, -0.15) is 8.42 Å². The maximum absolute atomic E-state index is 10.3. The van der Waals surface area contributed by atoms with Gasteiger partial charge < -0.3 is 9.22 Å². The number of esters is 1. The lowest BCUT2D eigenvalue weighted by Gasteiger charge is -2.23. The molecule has 0 saturated carbocycles. The van der Waals surface area contributed by atoms with Crippen LogP contribution in [0.3, 0.4) is 0 Å². The number of hydrogen-bond acceptors (Lipinski definition) is 5. The number of ether oxygens (including phenoxy) is 1. The molecule has 0 aromatic rings. The molecular weight excluding hydrogens is 250 g/mol. The SMILES string of the molecule is CC(=O)OCC[N+](C)(C)C.CCOS(=O)(=O)O. The highest BCUT2D eigenvalue weighted by Crippen LogP contribution is 1.89. The monoisotopic (exact) mass is 272 g/mol. The normalized spacial score (nSPS) is 11.4. The van der Waals surface area contributed by atoms with E-state index in [1.807, 2.05) is 0 Å². The number of hydrogen-bond donors (Lipinski definition) is 1. The second-order valence-corrected chi connectivity index (χ2v) is 5.28. The highest BCUT2D eigenvalue weighted by atomic mass is 32.3. The number of carbonyl (C=O) groups excluding carboxylic acids is 1. The van der Waals surface area contributed by atoms with E-state index in [2.05, 4.69) is 25.3 Å². The minimum atomic E-state index is -4.17. The fourth-order valence-corrected chi connectivity index (χ4v) is 0.910. The van der Waals surface area contributed by atoms with Gasteiger partial charge in [0.15, 0.2) is 0 Å².